The molecule has 5 nitrogen and oxygen atoms in total. The molecule has 0 aliphatic rings. The van der Waals surface area contributed by atoms with E-state index in [0.717, 1.165) is 6.26 Å². The predicted molar refractivity (Wildman–Crippen MR) is 69.3 cm³/mol. The highest BCUT2D eigenvalue weighted by Crippen LogP contribution is 2.22. The van der Waals surface area contributed by atoms with Gasteiger partial charge in [-0.15, -0.1) is 0 Å². The largest absolute Gasteiger partial charge is 0.369 e. The Hall–Kier alpha value is -1.40. The number of carbonyl (C=O) groups excluding carboxylic acids is 1. The minimum atomic E-state index is -3.39. The third-order valence-corrected chi connectivity index (χ3v) is 3.75. The average molecular weight is 271 g/mol. The second-order valence-corrected chi connectivity index (χ2v) is 6.42. The Balaban J connectivity index is 3.11. The van der Waals surface area contributed by atoms with E-state index in [0.29, 0.717) is 0 Å². The summed E-state index contributed by atoms with van der Waals surface area (Å²) in [5.41, 5.74) is -0.764. The summed E-state index contributed by atoms with van der Waals surface area (Å²) < 4.78 is 28.2. The van der Waals surface area contributed by atoms with Gasteiger partial charge in [-0.3, -0.25) is 4.79 Å². The molecule has 100 valence electrons. The van der Waals surface area contributed by atoms with Crippen molar-refractivity contribution in [1.29, 1.82) is 0 Å². The molecule has 1 rings (SSSR count). The van der Waals surface area contributed by atoms with Crippen LogP contribution in [0.5, 0.6) is 0 Å². The lowest BCUT2D eigenvalue weighted by Crippen LogP contribution is -2.39. The summed E-state index contributed by atoms with van der Waals surface area (Å²) >= 11 is 0. The standard InChI is InChI=1S/C12H17NO4S/c1-12(2,17-3)11(14)13-9-7-5-6-8-10(9)18(4,15)16/h5-8H,1-4H3,(H,13,14). The number of rotatable bonds is 4. The summed E-state index contributed by atoms with van der Waals surface area (Å²) in [6.07, 6.45) is 1.10. The van der Waals surface area contributed by atoms with Crippen molar-refractivity contribution in [3.63, 3.8) is 0 Å². The molecule has 0 fully saturated rings. The Morgan fingerprint density at radius 3 is 2.33 bits per heavy atom. The van der Waals surface area contributed by atoms with Crippen molar-refractivity contribution in [2.75, 3.05) is 18.7 Å². The molecule has 1 amide bonds. The van der Waals surface area contributed by atoms with Gasteiger partial charge >= 0.3 is 0 Å². The van der Waals surface area contributed by atoms with Crippen LogP contribution < -0.4 is 5.32 Å². The molecule has 0 aliphatic carbocycles. The van der Waals surface area contributed by atoms with Gasteiger partial charge in [0.15, 0.2) is 9.84 Å². The van der Waals surface area contributed by atoms with Gasteiger partial charge in [-0.05, 0) is 26.0 Å². The number of hydrogen-bond donors (Lipinski definition) is 1. The van der Waals surface area contributed by atoms with E-state index in [1.807, 2.05) is 0 Å². The normalized spacial score (nSPS) is 12.2. The monoisotopic (exact) mass is 271 g/mol. The zero-order valence-electron chi connectivity index (χ0n) is 10.9. The van der Waals surface area contributed by atoms with E-state index in [4.69, 9.17) is 4.74 Å². The number of carbonyl (C=O) groups is 1. The summed E-state index contributed by atoms with van der Waals surface area (Å²) in [5.74, 6) is -0.402. The van der Waals surface area contributed by atoms with Crippen molar-refractivity contribution in [2.45, 2.75) is 24.3 Å². The molecule has 0 heterocycles. The Kier molecular flexibility index (Phi) is 4.13. The van der Waals surface area contributed by atoms with E-state index in [-0.39, 0.29) is 10.6 Å². The van der Waals surface area contributed by atoms with Crippen LogP contribution in [-0.4, -0.2) is 33.3 Å². The first-order valence-electron chi connectivity index (χ1n) is 5.34. The van der Waals surface area contributed by atoms with Gasteiger partial charge in [0.2, 0.25) is 0 Å². The van der Waals surface area contributed by atoms with Gasteiger partial charge in [0.25, 0.3) is 5.91 Å². The summed E-state index contributed by atoms with van der Waals surface area (Å²) in [5, 5.41) is 2.57. The van der Waals surface area contributed by atoms with Gasteiger partial charge in [0, 0.05) is 13.4 Å². The fraction of sp³-hybridized carbons (Fsp3) is 0.417. The van der Waals surface area contributed by atoms with Crippen LogP contribution in [0.4, 0.5) is 5.69 Å². The number of benzene rings is 1. The van der Waals surface area contributed by atoms with Crippen molar-refractivity contribution >= 4 is 21.4 Å². The molecule has 6 heteroatoms. The summed E-state index contributed by atoms with van der Waals surface area (Å²) in [6, 6.07) is 6.25. The summed E-state index contributed by atoms with van der Waals surface area (Å²) in [6.45, 7) is 3.21. The van der Waals surface area contributed by atoms with Crippen LogP contribution in [0.15, 0.2) is 29.2 Å². The SMILES string of the molecule is COC(C)(C)C(=O)Nc1ccccc1S(C)(=O)=O. The molecular formula is C12H17NO4S. The number of anilines is 1. The maximum absolute atomic E-state index is 11.9. The molecular weight excluding hydrogens is 254 g/mol. The molecule has 18 heavy (non-hydrogen) atoms. The van der Waals surface area contributed by atoms with Gasteiger partial charge in [0.1, 0.15) is 5.60 Å². The highest BCUT2D eigenvalue weighted by Gasteiger charge is 2.28. The van der Waals surface area contributed by atoms with Crippen LogP contribution in [0.2, 0.25) is 0 Å². The van der Waals surface area contributed by atoms with Crippen molar-refractivity contribution in [3.8, 4) is 0 Å². The van der Waals surface area contributed by atoms with Crippen LogP contribution in [0.1, 0.15) is 13.8 Å². The number of methoxy groups -OCH3 is 1. The van der Waals surface area contributed by atoms with Gasteiger partial charge in [-0.1, -0.05) is 12.1 Å². The number of ether oxygens (including phenoxy) is 1. The first kappa shape index (κ1) is 14.7. The summed E-state index contributed by atoms with van der Waals surface area (Å²) in [7, 11) is -1.97. The molecule has 0 saturated carbocycles. The van der Waals surface area contributed by atoms with E-state index in [1.54, 1.807) is 32.0 Å². The van der Waals surface area contributed by atoms with Gasteiger partial charge in [0.05, 0.1) is 10.6 Å². The first-order chi connectivity index (χ1) is 8.18. The van der Waals surface area contributed by atoms with Crippen LogP contribution >= 0.6 is 0 Å². The Labute approximate surface area is 107 Å². The maximum Gasteiger partial charge on any atom is 0.256 e. The molecule has 0 spiro atoms. The van der Waals surface area contributed by atoms with Crippen LogP contribution in [-0.2, 0) is 19.4 Å². The van der Waals surface area contributed by atoms with Crippen molar-refractivity contribution in [2.24, 2.45) is 0 Å². The molecule has 1 N–H and O–H groups in total. The van der Waals surface area contributed by atoms with E-state index in [1.165, 1.54) is 13.2 Å². The molecule has 1 aromatic carbocycles. The molecule has 1 aromatic rings. The predicted octanol–water partition coefficient (Wildman–Crippen LogP) is 1.45. The average Bonchev–Trinajstić information content (AvgIpc) is 2.28. The number of sulfone groups is 1. The van der Waals surface area contributed by atoms with E-state index >= 15 is 0 Å². The van der Waals surface area contributed by atoms with E-state index in [2.05, 4.69) is 5.32 Å². The highest BCUT2D eigenvalue weighted by molar-refractivity contribution is 7.90. The van der Waals surface area contributed by atoms with Crippen molar-refractivity contribution in [1.82, 2.24) is 0 Å². The summed E-state index contributed by atoms with van der Waals surface area (Å²) in [4.78, 5) is 12.0. The Bertz CT molecular complexity index is 549. The molecule has 0 unspecified atom stereocenters. The number of amides is 1. The zero-order valence-corrected chi connectivity index (χ0v) is 11.7. The molecule has 0 atom stereocenters. The topological polar surface area (TPSA) is 72.5 Å². The Morgan fingerprint density at radius 2 is 1.83 bits per heavy atom. The quantitative estimate of drug-likeness (QED) is 0.899. The number of hydrogen-bond acceptors (Lipinski definition) is 4. The molecule has 0 aromatic heterocycles. The molecule has 0 radical (unpaired) electrons. The smallest absolute Gasteiger partial charge is 0.256 e. The Morgan fingerprint density at radius 1 is 1.28 bits per heavy atom. The fourth-order valence-corrected chi connectivity index (χ4v) is 2.10. The molecule has 0 bridgehead atoms. The minimum Gasteiger partial charge on any atom is -0.369 e. The maximum atomic E-state index is 11.9. The van der Waals surface area contributed by atoms with Crippen LogP contribution in [0, 0.1) is 0 Å². The lowest BCUT2D eigenvalue weighted by atomic mass is 10.1. The van der Waals surface area contributed by atoms with E-state index in [9.17, 15) is 13.2 Å². The fourth-order valence-electron chi connectivity index (χ4n) is 1.26. The lowest BCUT2D eigenvalue weighted by molar-refractivity contribution is -0.133. The van der Waals surface area contributed by atoms with Gasteiger partial charge < -0.3 is 10.1 Å². The van der Waals surface area contributed by atoms with Crippen molar-refractivity contribution < 1.29 is 17.9 Å². The van der Waals surface area contributed by atoms with E-state index < -0.39 is 21.3 Å². The van der Waals surface area contributed by atoms with Gasteiger partial charge in [-0.2, -0.15) is 0 Å². The first-order valence-corrected chi connectivity index (χ1v) is 7.23. The highest BCUT2D eigenvalue weighted by atomic mass is 32.2. The van der Waals surface area contributed by atoms with Crippen molar-refractivity contribution in [3.05, 3.63) is 24.3 Å². The second kappa shape index (κ2) is 5.07. The van der Waals surface area contributed by atoms with Crippen LogP contribution in [0.25, 0.3) is 0 Å². The zero-order chi connectivity index (χ0) is 14.0. The third-order valence-electron chi connectivity index (χ3n) is 2.59. The third kappa shape index (κ3) is 3.30. The lowest BCUT2D eigenvalue weighted by Gasteiger charge is -2.22. The van der Waals surface area contributed by atoms with Crippen LogP contribution in [0.3, 0.4) is 0 Å². The second-order valence-electron chi connectivity index (χ2n) is 4.44. The molecule has 0 saturated heterocycles. The number of nitrogens with one attached hydrogen (secondary N) is 1. The molecule has 0 aliphatic heterocycles. The number of para-hydroxylation sites is 1. The van der Waals surface area contributed by atoms with Gasteiger partial charge in [-0.25, -0.2) is 8.42 Å². The minimum absolute atomic E-state index is 0.0882.